The lowest BCUT2D eigenvalue weighted by molar-refractivity contribution is 0.194. The molecule has 1 fully saturated rings. The Labute approximate surface area is 151 Å². The lowest BCUT2D eigenvalue weighted by Crippen LogP contribution is -2.31. The molecule has 2 aliphatic rings. The van der Waals surface area contributed by atoms with Crippen LogP contribution in [-0.2, 0) is 16.4 Å². The molecule has 2 aromatic rings. The molecule has 8 nitrogen and oxygen atoms in total. The highest BCUT2D eigenvalue weighted by Crippen LogP contribution is 2.31. The Hall–Kier alpha value is -2.39. The van der Waals surface area contributed by atoms with Crippen LogP contribution in [0.3, 0.4) is 0 Å². The Balaban J connectivity index is 1.49. The molecule has 1 unspecified atom stereocenters. The Morgan fingerprint density at radius 3 is 2.85 bits per heavy atom. The summed E-state index contributed by atoms with van der Waals surface area (Å²) in [6.07, 6.45) is 4.03. The zero-order chi connectivity index (χ0) is 18.1. The molecule has 0 spiro atoms. The predicted octanol–water partition coefficient (Wildman–Crippen LogP) is 1.26. The monoisotopic (exact) mass is 377 g/mol. The highest BCUT2D eigenvalue weighted by atomic mass is 32.2. The SMILES string of the molecule is COc1nccnc1OC1CCN(S(=O)(=O)c2ccc3c(c2)CCO3)C1. The van der Waals surface area contributed by atoms with E-state index in [1.165, 1.54) is 23.8 Å². The number of sulfonamides is 1. The maximum absolute atomic E-state index is 12.9. The largest absolute Gasteiger partial charge is 0.493 e. The minimum absolute atomic E-state index is 0.260. The Bertz CT molecular complexity index is 918. The fourth-order valence-electron chi connectivity index (χ4n) is 3.18. The van der Waals surface area contributed by atoms with E-state index in [1.54, 1.807) is 18.2 Å². The minimum atomic E-state index is -3.57. The second-order valence-corrected chi connectivity index (χ2v) is 8.07. The molecule has 1 atom stereocenters. The van der Waals surface area contributed by atoms with Crippen molar-refractivity contribution in [3.8, 4) is 17.5 Å². The van der Waals surface area contributed by atoms with E-state index in [-0.39, 0.29) is 24.4 Å². The van der Waals surface area contributed by atoms with Gasteiger partial charge in [0.25, 0.3) is 11.8 Å². The number of benzene rings is 1. The van der Waals surface area contributed by atoms with Crippen LogP contribution in [0.15, 0.2) is 35.5 Å². The standard InChI is InChI=1S/C17H19N3O5S/c1-23-16-17(19-7-6-18-16)25-13-4-8-20(11-13)26(21,22)14-2-3-15-12(10-14)5-9-24-15/h2-3,6-7,10,13H,4-5,8-9,11H2,1H3. The molecule has 138 valence electrons. The summed E-state index contributed by atoms with van der Waals surface area (Å²) in [4.78, 5) is 8.43. The third-order valence-corrected chi connectivity index (χ3v) is 6.37. The van der Waals surface area contributed by atoms with Crippen molar-refractivity contribution in [2.75, 3.05) is 26.8 Å². The van der Waals surface area contributed by atoms with E-state index in [4.69, 9.17) is 14.2 Å². The van der Waals surface area contributed by atoms with E-state index in [1.807, 2.05) is 0 Å². The average Bonchev–Trinajstić information content (AvgIpc) is 3.31. The summed E-state index contributed by atoms with van der Waals surface area (Å²) in [5, 5.41) is 0. The fourth-order valence-corrected chi connectivity index (χ4v) is 4.71. The topological polar surface area (TPSA) is 90.9 Å². The van der Waals surface area contributed by atoms with Gasteiger partial charge in [-0.1, -0.05) is 0 Å². The van der Waals surface area contributed by atoms with E-state index < -0.39 is 10.0 Å². The first-order valence-corrected chi connectivity index (χ1v) is 9.79. The molecule has 2 aliphatic heterocycles. The van der Waals surface area contributed by atoms with Crippen LogP contribution >= 0.6 is 0 Å². The van der Waals surface area contributed by atoms with Crippen LogP contribution in [0.2, 0.25) is 0 Å². The third kappa shape index (κ3) is 3.08. The van der Waals surface area contributed by atoms with E-state index in [0.29, 0.717) is 24.5 Å². The van der Waals surface area contributed by atoms with Gasteiger partial charge in [-0.25, -0.2) is 18.4 Å². The van der Waals surface area contributed by atoms with Crippen LogP contribution in [-0.4, -0.2) is 55.6 Å². The van der Waals surface area contributed by atoms with Crippen molar-refractivity contribution in [2.45, 2.75) is 23.8 Å². The summed E-state index contributed by atoms with van der Waals surface area (Å²) >= 11 is 0. The molecule has 0 saturated carbocycles. The van der Waals surface area contributed by atoms with Gasteiger partial charge in [-0.3, -0.25) is 0 Å². The second-order valence-electron chi connectivity index (χ2n) is 6.13. The summed E-state index contributed by atoms with van der Waals surface area (Å²) < 4.78 is 43.7. The Morgan fingerprint density at radius 2 is 2.04 bits per heavy atom. The molecule has 0 aliphatic carbocycles. The van der Waals surface area contributed by atoms with Gasteiger partial charge in [0.05, 0.1) is 25.2 Å². The van der Waals surface area contributed by atoms with Crippen molar-refractivity contribution >= 4 is 10.0 Å². The summed E-state index contributed by atoms with van der Waals surface area (Å²) in [5.41, 5.74) is 0.933. The number of aromatic nitrogens is 2. The van der Waals surface area contributed by atoms with Gasteiger partial charge >= 0.3 is 0 Å². The molecule has 1 aromatic carbocycles. The summed E-state index contributed by atoms with van der Waals surface area (Å²) in [6.45, 7) is 1.25. The van der Waals surface area contributed by atoms with Gasteiger partial charge in [0.1, 0.15) is 11.9 Å². The number of fused-ring (bicyclic) bond motifs is 1. The van der Waals surface area contributed by atoms with Crippen LogP contribution < -0.4 is 14.2 Å². The number of nitrogens with zero attached hydrogens (tertiary/aromatic N) is 3. The van der Waals surface area contributed by atoms with Gasteiger partial charge in [-0.05, 0) is 30.2 Å². The van der Waals surface area contributed by atoms with E-state index in [9.17, 15) is 8.42 Å². The molecule has 4 rings (SSSR count). The average molecular weight is 377 g/mol. The molecule has 9 heteroatoms. The predicted molar refractivity (Wildman–Crippen MR) is 92.0 cm³/mol. The van der Waals surface area contributed by atoms with Crippen molar-refractivity contribution < 1.29 is 22.6 Å². The van der Waals surface area contributed by atoms with Crippen LogP contribution in [0, 0.1) is 0 Å². The van der Waals surface area contributed by atoms with Crippen molar-refractivity contribution in [1.82, 2.24) is 14.3 Å². The molecule has 3 heterocycles. The van der Waals surface area contributed by atoms with Gasteiger partial charge < -0.3 is 14.2 Å². The minimum Gasteiger partial charge on any atom is -0.493 e. The number of ether oxygens (including phenoxy) is 3. The fraction of sp³-hybridized carbons (Fsp3) is 0.412. The smallest absolute Gasteiger partial charge is 0.278 e. The second kappa shape index (κ2) is 6.73. The third-order valence-electron chi connectivity index (χ3n) is 4.51. The van der Waals surface area contributed by atoms with Gasteiger partial charge in [0.2, 0.25) is 10.0 Å². The van der Waals surface area contributed by atoms with Crippen LogP contribution in [0.5, 0.6) is 17.5 Å². The van der Waals surface area contributed by atoms with Crippen LogP contribution in [0.25, 0.3) is 0 Å². The number of hydrogen-bond acceptors (Lipinski definition) is 7. The van der Waals surface area contributed by atoms with Gasteiger partial charge in [0, 0.05) is 25.4 Å². The number of rotatable bonds is 5. The zero-order valence-corrected chi connectivity index (χ0v) is 15.1. The molecule has 1 saturated heterocycles. The first-order valence-electron chi connectivity index (χ1n) is 8.35. The zero-order valence-electron chi connectivity index (χ0n) is 14.3. The number of methoxy groups -OCH3 is 1. The first kappa shape index (κ1) is 17.0. The van der Waals surface area contributed by atoms with Crippen molar-refractivity contribution in [2.24, 2.45) is 0 Å². The lowest BCUT2D eigenvalue weighted by atomic mass is 10.2. The van der Waals surface area contributed by atoms with Gasteiger partial charge in [-0.2, -0.15) is 4.31 Å². The Morgan fingerprint density at radius 1 is 1.23 bits per heavy atom. The van der Waals surface area contributed by atoms with E-state index in [0.717, 1.165) is 17.7 Å². The molecule has 0 radical (unpaired) electrons. The van der Waals surface area contributed by atoms with Crippen molar-refractivity contribution in [3.63, 3.8) is 0 Å². The van der Waals surface area contributed by atoms with Crippen LogP contribution in [0.4, 0.5) is 0 Å². The highest BCUT2D eigenvalue weighted by Gasteiger charge is 2.35. The van der Waals surface area contributed by atoms with E-state index in [2.05, 4.69) is 9.97 Å². The van der Waals surface area contributed by atoms with Gasteiger partial charge in [-0.15, -0.1) is 0 Å². The highest BCUT2D eigenvalue weighted by molar-refractivity contribution is 7.89. The molecule has 0 bridgehead atoms. The summed E-state index contributed by atoms with van der Waals surface area (Å²) in [6, 6.07) is 5.03. The quantitative estimate of drug-likeness (QED) is 0.775. The maximum atomic E-state index is 12.9. The lowest BCUT2D eigenvalue weighted by Gasteiger charge is -2.17. The normalized spacial score (nSPS) is 19.8. The number of hydrogen-bond donors (Lipinski definition) is 0. The van der Waals surface area contributed by atoms with Crippen molar-refractivity contribution in [1.29, 1.82) is 0 Å². The maximum Gasteiger partial charge on any atom is 0.278 e. The van der Waals surface area contributed by atoms with E-state index >= 15 is 0 Å². The molecular formula is C17H19N3O5S. The molecular weight excluding hydrogens is 358 g/mol. The molecule has 0 amide bonds. The summed E-state index contributed by atoms with van der Waals surface area (Å²) in [5.74, 6) is 1.32. The Kier molecular flexibility index (Phi) is 4.41. The molecule has 0 N–H and O–H groups in total. The molecule has 26 heavy (non-hydrogen) atoms. The van der Waals surface area contributed by atoms with Crippen LogP contribution in [0.1, 0.15) is 12.0 Å². The first-order chi connectivity index (χ1) is 12.6. The molecule has 1 aromatic heterocycles. The van der Waals surface area contributed by atoms with Crippen molar-refractivity contribution in [3.05, 3.63) is 36.2 Å². The summed E-state index contributed by atoms with van der Waals surface area (Å²) in [7, 11) is -2.08. The van der Waals surface area contributed by atoms with Gasteiger partial charge in [0.15, 0.2) is 0 Å².